The van der Waals surface area contributed by atoms with E-state index in [-0.39, 0.29) is 5.91 Å². The Bertz CT molecular complexity index is 1170. The minimum absolute atomic E-state index is 0.209. The van der Waals surface area contributed by atoms with Crippen molar-refractivity contribution in [1.82, 2.24) is 15.0 Å². The maximum Gasteiger partial charge on any atom is 0.255 e. The van der Waals surface area contributed by atoms with Crippen LogP contribution in [0.3, 0.4) is 0 Å². The molecule has 0 atom stereocenters. The summed E-state index contributed by atoms with van der Waals surface area (Å²) in [7, 11) is 1.62. The Morgan fingerprint density at radius 2 is 1.77 bits per heavy atom. The molecule has 30 heavy (non-hydrogen) atoms. The fraction of sp³-hybridized carbons (Fsp3) is 0.174. The summed E-state index contributed by atoms with van der Waals surface area (Å²) in [4.78, 5) is 14.2. The van der Waals surface area contributed by atoms with Gasteiger partial charge in [-0.05, 0) is 67.1 Å². The van der Waals surface area contributed by atoms with Crippen molar-refractivity contribution in [3.05, 3.63) is 72.3 Å². The Morgan fingerprint density at radius 3 is 2.53 bits per heavy atom. The molecule has 1 heterocycles. The molecule has 0 aliphatic carbocycles. The summed E-state index contributed by atoms with van der Waals surface area (Å²) >= 11 is 0. The number of ether oxygens (including phenoxy) is 2. The lowest BCUT2D eigenvalue weighted by Crippen LogP contribution is -2.12. The van der Waals surface area contributed by atoms with Crippen molar-refractivity contribution in [3.63, 3.8) is 0 Å². The maximum atomic E-state index is 12.6. The van der Waals surface area contributed by atoms with Gasteiger partial charge in [0.25, 0.3) is 5.91 Å². The van der Waals surface area contributed by atoms with Gasteiger partial charge in [0, 0.05) is 11.3 Å². The van der Waals surface area contributed by atoms with Gasteiger partial charge in [0.1, 0.15) is 22.5 Å². The lowest BCUT2D eigenvalue weighted by Gasteiger charge is -2.08. The normalized spacial score (nSPS) is 10.7. The van der Waals surface area contributed by atoms with Crippen molar-refractivity contribution < 1.29 is 14.3 Å². The second-order valence-corrected chi connectivity index (χ2v) is 6.72. The summed E-state index contributed by atoms with van der Waals surface area (Å²) in [5, 5.41) is 11.9. The highest BCUT2D eigenvalue weighted by Gasteiger charge is 2.10. The predicted octanol–water partition coefficient (Wildman–Crippen LogP) is 4.47. The molecule has 0 saturated heterocycles. The van der Waals surface area contributed by atoms with E-state index in [1.165, 1.54) is 0 Å². The first kappa shape index (κ1) is 19.4. The second kappa shape index (κ2) is 8.65. The highest BCUT2D eigenvalue weighted by molar-refractivity contribution is 6.05. The zero-order valence-corrected chi connectivity index (χ0v) is 16.8. The minimum atomic E-state index is -0.209. The van der Waals surface area contributed by atoms with Crippen LogP contribution in [0.1, 0.15) is 23.7 Å². The van der Waals surface area contributed by atoms with E-state index in [4.69, 9.17) is 9.47 Å². The van der Waals surface area contributed by atoms with Crippen molar-refractivity contribution in [1.29, 1.82) is 0 Å². The Kier molecular flexibility index (Phi) is 5.61. The van der Waals surface area contributed by atoms with Gasteiger partial charge < -0.3 is 14.8 Å². The zero-order chi connectivity index (χ0) is 20.9. The van der Waals surface area contributed by atoms with Gasteiger partial charge in [-0.15, -0.1) is 10.2 Å². The lowest BCUT2D eigenvalue weighted by atomic mass is 10.2. The van der Waals surface area contributed by atoms with E-state index in [0.717, 1.165) is 23.4 Å². The molecular weight excluding hydrogens is 380 g/mol. The first-order chi connectivity index (χ1) is 14.7. The molecule has 0 unspecified atom stereocenters. The number of methoxy groups -OCH3 is 1. The van der Waals surface area contributed by atoms with Crippen LogP contribution in [0.15, 0.2) is 66.7 Å². The molecule has 7 nitrogen and oxygen atoms in total. The lowest BCUT2D eigenvalue weighted by molar-refractivity contribution is 0.102. The van der Waals surface area contributed by atoms with E-state index in [1.54, 1.807) is 30.1 Å². The monoisotopic (exact) mass is 402 g/mol. The maximum absolute atomic E-state index is 12.6. The molecule has 0 saturated carbocycles. The number of rotatable bonds is 7. The first-order valence-corrected chi connectivity index (χ1v) is 9.72. The smallest absolute Gasteiger partial charge is 0.255 e. The molecule has 3 aromatic carbocycles. The number of nitrogens with zero attached hydrogens (tertiary/aromatic N) is 3. The number of aromatic nitrogens is 3. The van der Waals surface area contributed by atoms with E-state index in [9.17, 15) is 4.79 Å². The Hall–Kier alpha value is -3.87. The van der Waals surface area contributed by atoms with Crippen LogP contribution in [-0.4, -0.2) is 34.6 Å². The number of carbonyl (C=O) groups excluding carboxylic acids is 1. The molecular formula is C23H22N4O3. The molecule has 152 valence electrons. The van der Waals surface area contributed by atoms with Crippen molar-refractivity contribution in [2.75, 3.05) is 19.0 Å². The van der Waals surface area contributed by atoms with Crippen LogP contribution >= 0.6 is 0 Å². The fourth-order valence-corrected chi connectivity index (χ4v) is 2.97. The van der Waals surface area contributed by atoms with Gasteiger partial charge in [0.05, 0.1) is 19.4 Å². The molecule has 0 aliphatic rings. The molecule has 1 N–H and O–H groups in total. The standard InChI is InChI=1S/C23H22N4O3/c1-3-13-30-20-6-4-5-16(14-20)23(28)24-17-7-12-21-22(15-17)26-27(25-21)18-8-10-19(29-2)11-9-18/h4-12,14-15H,3,13H2,1-2H3,(H,24,28). The summed E-state index contributed by atoms with van der Waals surface area (Å²) in [5.74, 6) is 1.24. The van der Waals surface area contributed by atoms with Crippen LogP contribution in [-0.2, 0) is 0 Å². The zero-order valence-electron chi connectivity index (χ0n) is 16.8. The number of amides is 1. The fourth-order valence-electron chi connectivity index (χ4n) is 2.97. The van der Waals surface area contributed by atoms with Gasteiger partial charge in [-0.2, -0.15) is 4.80 Å². The minimum Gasteiger partial charge on any atom is -0.497 e. The molecule has 0 radical (unpaired) electrons. The first-order valence-electron chi connectivity index (χ1n) is 9.72. The number of carbonyl (C=O) groups is 1. The third kappa shape index (κ3) is 4.25. The SMILES string of the molecule is CCCOc1cccc(C(=O)Nc2ccc3nn(-c4ccc(OC)cc4)nc3c2)c1. The predicted molar refractivity (Wildman–Crippen MR) is 116 cm³/mol. The summed E-state index contributed by atoms with van der Waals surface area (Å²) < 4.78 is 10.8. The van der Waals surface area contributed by atoms with E-state index in [0.29, 0.717) is 29.1 Å². The number of hydrogen-bond donors (Lipinski definition) is 1. The van der Waals surface area contributed by atoms with E-state index in [1.807, 2.05) is 55.5 Å². The third-order valence-corrected chi connectivity index (χ3v) is 4.51. The van der Waals surface area contributed by atoms with Crippen LogP contribution in [0, 0.1) is 0 Å². The summed E-state index contributed by atoms with van der Waals surface area (Å²) in [6.07, 6.45) is 0.910. The largest absolute Gasteiger partial charge is 0.497 e. The van der Waals surface area contributed by atoms with Gasteiger partial charge in [0.15, 0.2) is 0 Å². The van der Waals surface area contributed by atoms with Gasteiger partial charge in [-0.1, -0.05) is 13.0 Å². The highest BCUT2D eigenvalue weighted by Crippen LogP contribution is 2.20. The van der Waals surface area contributed by atoms with E-state index < -0.39 is 0 Å². The molecule has 7 heteroatoms. The van der Waals surface area contributed by atoms with Crippen LogP contribution < -0.4 is 14.8 Å². The number of fused-ring (bicyclic) bond motifs is 1. The molecule has 0 aliphatic heterocycles. The molecule has 1 amide bonds. The van der Waals surface area contributed by atoms with Crippen LogP contribution in [0.25, 0.3) is 16.7 Å². The Labute approximate surface area is 174 Å². The molecule has 4 rings (SSSR count). The number of anilines is 1. The highest BCUT2D eigenvalue weighted by atomic mass is 16.5. The van der Waals surface area contributed by atoms with E-state index >= 15 is 0 Å². The third-order valence-electron chi connectivity index (χ3n) is 4.51. The molecule has 0 spiro atoms. The number of hydrogen-bond acceptors (Lipinski definition) is 5. The van der Waals surface area contributed by atoms with Gasteiger partial charge in [0.2, 0.25) is 0 Å². The second-order valence-electron chi connectivity index (χ2n) is 6.72. The average molecular weight is 402 g/mol. The average Bonchev–Trinajstić information content (AvgIpc) is 3.21. The van der Waals surface area contributed by atoms with Crippen molar-refractivity contribution in [2.45, 2.75) is 13.3 Å². The Morgan fingerprint density at radius 1 is 0.967 bits per heavy atom. The van der Waals surface area contributed by atoms with Crippen LogP contribution in [0.2, 0.25) is 0 Å². The molecule has 4 aromatic rings. The van der Waals surface area contributed by atoms with Gasteiger partial charge in [-0.25, -0.2) is 0 Å². The number of benzene rings is 3. The summed E-state index contributed by atoms with van der Waals surface area (Å²) in [6.45, 7) is 2.66. The molecule has 0 bridgehead atoms. The summed E-state index contributed by atoms with van der Waals surface area (Å²) in [6, 6.07) is 20.1. The van der Waals surface area contributed by atoms with Crippen molar-refractivity contribution in [2.24, 2.45) is 0 Å². The van der Waals surface area contributed by atoms with Gasteiger partial charge >= 0.3 is 0 Å². The van der Waals surface area contributed by atoms with Crippen molar-refractivity contribution >= 4 is 22.6 Å². The summed E-state index contributed by atoms with van der Waals surface area (Å²) in [5.41, 5.74) is 3.42. The number of nitrogens with one attached hydrogen (secondary N) is 1. The van der Waals surface area contributed by atoms with Crippen LogP contribution in [0.5, 0.6) is 11.5 Å². The van der Waals surface area contributed by atoms with Gasteiger partial charge in [-0.3, -0.25) is 4.79 Å². The van der Waals surface area contributed by atoms with Crippen molar-refractivity contribution in [3.8, 4) is 17.2 Å². The topological polar surface area (TPSA) is 78.3 Å². The quantitative estimate of drug-likeness (QED) is 0.493. The van der Waals surface area contributed by atoms with E-state index in [2.05, 4.69) is 15.5 Å². The molecule has 0 fully saturated rings. The molecule has 1 aromatic heterocycles. The Balaban J connectivity index is 1.52. The van der Waals surface area contributed by atoms with Crippen LogP contribution in [0.4, 0.5) is 5.69 Å².